The summed E-state index contributed by atoms with van der Waals surface area (Å²) in [7, 11) is 0. The Kier molecular flexibility index (Phi) is 3.71. The van der Waals surface area contributed by atoms with Gasteiger partial charge in [0.15, 0.2) is 5.82 Å². The lowest BCUT2D eigenvalue weighted by Gasteiger charge is -2.11. The van der Waals surface area contributed by atoms with Crippen LogP contribution in [-0.4, -0.2) is 9.55 Å². The molecular formula is C15H10BrClF2N2. The summed E-state index contributed by atoms with van der Waals surface area (Å²) in [6, 6.07) is 7.74. The van der Waals surface area contributed by atoms with Crippen molar-refractivity contribution in [2.75, 3.05) is 0 Å². The SMILES string of the molecule is Cc1cccc(-n2c(CCl)nc3c(F)cc(F)cc32)c1Br. The van der Waals surface area contributed by atoms with Gasteiger partial charge in [-0.3, -0.25) is 4.57 Å². The molecule has 2 aromatic carbocycles. The van der Waals surface area contributed by atoms with Crippen LogP contribution in [0.2, 0.25) is 0 Å². The van der Waals surface area contributed by atoms with Crippen molar-refractivity contribution in [3.8, 4) is 5.69 Å². The summed E-state index contributed by atoms with van der Waals surface area (Å²) >= 11 is 9.43. The van der Waals surface area contributed by atoms with E-state index in [-0.39, 0.29) is 11.4 Å². The largest absolute Gasteiger partial charge is 0.294 e. The molecule has 0 bridgehead atoms. The molecule has 0 fully saturated rings. The first-order valence-corrected chi connectivity index (χ1v) is 7.53. The van der Waals surface area contributed by atoms with Gasteiger partial charge < -0.3 is 0 Å². The summed E-state index contributed by atoms with van der Waals surface area (Å²) in [6.45, 7) is 1.94. The lowest BCUT2D eigenvalue weighted by Crippen LogP contribution is -2.01. The maximum atomic E-state index is 13.9. The van der Waals surface area contributed by atoms with E-state index in [4.69, 9.17) is 11.6 Å². The molecule has 6 heteroatoms. The summed E-state index contributed by atoms with van der Waals surface area (Å²) in [5.74, 6) is -0.789. The number of halogens is 4. The molecule has 0 unspecified atom stereocenters. The highest BCUT2D eigenvalue weighted by Crippen LogP contribution is 2.31. The van der Waals surface area contributed by atoms with Crippen LogP contribution >= 0.6 is 27.5 Å². The zero-order valence-electron chi connectivity index (χ0n) is 11.0. The van der Waals surface area contributed by atoms with E-state index in [1.807, 2.05) is 25.1 Å². The van der Waals surface area contributed by atoms with Gasteiger partial charge in [-0.1, -0.05) is 12.1 Å². The van der Waals surface area contributed by atoms with Crippen molar-refractivity contribution in [3.05, 3.63) is 57.8 Å². The molecule has 108 valence electrons. The van der Waals surface area contributed by atoms with Gasteiger partial charge in [0, 0.05) is 16.6 Å². The molecule has 0 aliphatic carbocycles. The summed E-state index contributed by atoms with van der Waals surface area (Å²) in [5.41, 5.74) is 2.22. The number of hydrogen-bond acceptors (Lipinski definition) is 1. The summed E-state index contributed by atoms with van der Waals surface area (Å²) in [6.07, 6.45) is 0. The molecule has 3 aromatic rings. The highest BCUT2D eigenvalue weighted by Gasteiger charge is 2.18. The molecule has 21 heavy (non-hydrogen) atoms. The number of benzene rings is 2. The highest BCUT2D eigenvalue weighted by atomic mass is 79.9. The second-order valence-corrected chi connectivity index (χ2v) is 5.72. The van der Waals surface area contributed by atoms with Gasteiger partial charge in [0.25, 0.3) is 0 Å². The van der Waals surface area contributed by atoms with Gasteiger partial charge in [0.1, 0.15) is 17.2 Å². The number of hydrogen-bond donors (Lipinski definition) is 0. The van der Waals surface area contributed by atoms with Gasteiger partial charge in [-0.05, 0) is 34.5 Å². The first-order valence-electron chi connectivity index (χ1n) is 6.20. The predicted octanol–water partition coefficient (Wildman–Crippen LogP) is 5.11. The highest BCUT2D eigenvalue weighted by molar-refractivity contribution is 9.10. The van der Waals surface area contributed by atoms with E-state index in [1.165, 1.54) is 6.07 Å². The summed E-state index contributed by atoms with van der Waals surface area (Å²) in [5, 5.41) is 0. The van der Waals surface area contributed by atoms with Crippen LogP contribution in [0.25, 0.3) is 16.7 Å². The van der Waals surface area contributed by atoms with Crippen molar-refractivity contribution in [1.29, 1.82) is 0 Å². The van der Waals surface area contributed by atoms with E-state index in [9.17, 15) is 8.78 Å². The molecule has 0 atom stereocenters. The van der Waals surface area contributed by atoms with Crippen LogP contribution in [0.4, 0.5) is 8.78 Å². The molecular weight excluding hydrogens is 362 g/mol. The summed E-state index contributed by atoms with van der Waals surface area (Å²) < 4.78 is 30.0. The fourth-order valence-corrected chi connectivity index (χ4v) is 2.94. The molecule has 1 heterocycles. The van der Waals surface area contributed by atoms with Crippen LogP contribution in [0.5, 0.6) is 0 Å². The lowest BCUT2D eigenvalue weighted by atomic mass is 10.2. The van der Waals surface area contributed by atoms with Crippen molar-refractivity contribution in [1.82, 2.24) is 9.55 Å². The molecule has 0 aliphatic heterocycles. The van der Waals surface area contributed by atoms with Gasteiger partial charge in [0.05, 0.1) is 17.1 Å². The van der Waals surface area contributed by atoms with Crippen molar-refractivity contribution < 1.29 is 8.78 Å². The van der Waals surface area contributed by atoms with E-state index in [2.05, 4.69) is 20.9 Å². The van der Waals surface area contributed by atoms with E-state index in [0.29, 0.717) is 11.3 Å². The van der Waals surface area contributed by atoms with Crippen LogP contribution in [0.1, 0.15) is 11.4 Å². The third kappa shape index (κ3) is 2.34. The van der Waals surface area contributed by atoms with Crippen LogP contribution in [0.3, 0.4) is 0 Å². The minimum atomic E-state index is -0.695. The van der Waals surface area contributed by atoms with Crippen molar-refractivity contribution in [3.63, 3.8) is 0 Å². The van der Waals surface area contributed by atoms with E-state index in [0.717, 1.165) is 21.8 Å². The quantitative estimate of drug-likeness (QED) is 0.572. The molecule has 0 spiro atoms. The smallest absolute Gasteiger partial charge is 0.153 e. The molecule has 1 aromatic heterocycles. The molecule has 0 saturated heterocycles. The third-order valence-corrected chi connectivity index (χ3v) is 4.55. The van der Waals surface area contributed by atoms with Crippen molar-refractivity contribution in [2.24, 2.45) is 0 Å². The minimum Gasteiger partial charge on any atom is -0.294 e. The van der Waals surface area contributed by atoms with E-state index >= 15 is 0 Å². The number of aryl methyl sites for hydroxylation is 1. The Morgan fingerprint density at radius 1 is 1.29 bits per heavy atom. The van der Waals surface area contributed by atoms with Gasteiger partial charge in [0.2, 0.25) is 0 Å². The Balaban J connectivity index is 2.43. The molecule has 3 rings (SSSR count). The van der Waals surface area contributed by atoms with Gasteiger partial charge >= 0.3 is 0 Å². The second-order valence-electron chi connectivity index (χ2n) is 4.66. The average Bonchev–Trinajstić information content (AvgIpc) is 2.80. The summed E-state index contributed by atoms with van der Waals surface area (Å²) in [4.78, 5) is 4.19. The Morgan fingerprint density at radius 3 is 2.76 bits per heavy atom. The lowest BCUT2D eigenvalue weighted by molar-refractivity contribution is 0.590. The number of nitrogens with zero attached hydrogens (tertiary/aromatic N) is 2. The van der Waals surface area contributed by atoms with Crippen LogP contribution in [0.15, 0.2) is 34.8 Å². The predicted molar refractivity (Wildman–Crippen MR) is 83.0 cm³/mol. The maximum absolute atomic E-state index is 13.9. The molecule has 2 nitrogen and oxygen atoms in total. The molecule has 0 amide bonds. The zero-order chi connectivity index (χ0) is 15.1. The van der Waals surface area contributed by atoms with Crippen LogP contribution in [0, 0.1) is 18.6 Å². The van der Waals surface area contributed by atoms with Crippen LogP contribution < -0.4 is 0 Å². The maximum Gasteiger partial charge on any atom is 0.153 e. The number of aromatic nitrogens is 2. The van der Waals surface area contributed by atoms with E-state index < -0.39 is 11.6 Å². The first kappa shape index (κ1) is 14.5. The van der Waals surface area contributed by atoms with Gasteiger partial charge in [-0.25, -0.2) is 13.8 Å². The topological polar surface area (TPSA) is 17.8 Å². The van der Waals surface area contributed by atoms with Crippen LogP contribution in [-0.2, 0) is 5.88 Å². The number of fused-ring (bicyclic) bond motifs is 1. The molecule has 0 aliphatic rings. The number of imidazole rings is 1. The minimum absolute atomic E-state index is 0.0934. The third-order valence-electron chi connectivity index (χ3n) is 3.28. The average molecular weight is 372 g/mol. The first-order chi connectivity index (χ1) is 10.0. The van der Waals surface area contributed by atoms with Gasteiger partial charge in [-0.15, -0.1) is 11.6 Å². The Labute approximate surface area is 133 Å². The Bertz CT molecular complexity index is 845. The normalized spacial score (nSPS) is 11.3. The fraction of sp³-hybridized carbons (Fsp3) is 0.133. The molecule has 0 saturated carbocycles. The van der Waals surface area contributed by atoms with Crippen molar-refractivity contribution in [2.45, 2.75) is 12.8 Å². The van der Waals surface area contributed by atoms with Crippen molar-refractivity contribution >= 4 is 38.6 Å². The molecule has 0 radical (unpaired) electrons. The Hall–Kier alpha value is -1.46. The number of rotatable bonds is 2. The zero-order valence-corrected chi connectivity index (χ0v) is 13.3. The van der Waals surface area contributed by atoms with Gasteiger partial charge in [-0.2, -0.15) is 0 Å². The Morgan fingerprint density at radius 2 is 2.05 bits per heavy atom. The van der Waals surface area contributed by atoms with E-state index in [1.54, 1.807) is 4.57 Å². The molecule has 0 N–H and O–H groups in total. The second kappa shape index (κ2) is 5.39. The number of alkyl halides is 1. The monoisotopic (exact) mass is 370 g/mol. The standard InChI is InChI=1S/C15H10BrClF2N2/c1-8-3-2-4-11(14(8)16)21-12-6-9(18)5-10(19)15(12)20-13(21)7-17/h2-6H,7H2,1H3. The fourth-order valence-electron chi connectivity index (χ4n) is 2.31.